The maximum absolute atomic E-state index is 10.6. The molecular formula is C30H58O2. The van der Waals surface area contributed by atoms with Crippen molar-refractivity contribution in [1.82, 2.24) is 0 Å². The molecule has 0 atom stereocenters. The van der Waals surface area contributed by atoms with Crippen LogP contribution in [0, 0.1) is 0 Å². The second-order valence-electron chi connectivity index (χ2n) is 10.0. The Labute approximate surface area is 202 Å². The normalized spacial score (nSPS) is 11.9. The molecule has 190 valence electrons. The van der Waals surface area contributed by atoms with Crippen molar-refractivity contribution in [1.29, 1.82) is 0 Å². The molecule has 2 nitrogen and oxygen atoms in total. The van der Waals surface area contributed by atoms with Crippen LogP contribution in [0.25, 0.3) is 0 Å². The lowest BCUT2D eigenvalue weighted by molar-refractivity contribution is -0.137. The van der Waals surface area contributed by atoms with Crippen LogP contribution in [0.1, 0.15) is 174 Å². The van der Waals surface area contributed by atoms with Gasteiger partial charge in [0.25, 0.3) is 0 Å². The highest BCUT2D eigenvalue weighted by atomic mass is 16.4. The van der Waals surface area contributed by atoms with E-state index >= 15 is 0 Å². The van der Waals surface area contributed by atoms with E-state index in [1.54, 1.807) is 5.57 Å². The fraction of sp³-hybridized carbons (Fsp3) is 0.900. The van der Waals surface area contributed by atoms with Crippen molar-refractivity contribution in [2.24, 2.45) is 0 Å². The van der Waals surface area contributed by atoms with E-state index in [0.717, 1.165) is 12.8 Å². The summed E-state index contributed by atoms with van der Waals surface area (Å²) in [6.45, 7) is 4.57. The maximum Gasteiger partial charge on any atom is 0.303 e. The molecule has 1 N–H and O–H groups in total. The molecule has 0 aliphatic heterocycles. The van der Waals surface area contributed by atoms with Crippen LogP contribution in [0.2, 0.25) is 0 Å². The number of unbranched alkanes of at least 4 members (excludes halogenated alkanes) is 19. The second kappa shape index (κ2) is 26.5. The Hall–Kier alpha value is -0.790. The summed E-state index contributed by atoms with van der Waals surface area (Å²) in [6.07, 6.45) is 34.9. The van der Waals surface area contributed by atoms with Gasteiger partial charge in [0.2, 0.25) is 0 Å². The summed E-state index contributed by atoms with van der Waals surface area (Å²) in [5, 5.41) is 8.71. The van der Waals surface area contributed by atoms with Crippen molar-refractivity contribution < 1.29 is 9.90 Å². The van der Waals surface area contributed by atoms with E-state index in [4.69, 9.17) is 5.11 Å². The summed E-state index contributed by atoms with van der Waals surface area (Å²) >= 11 is 0. The Balaban J connectivity index is 3.63. The van der Waals surface area contributed by atoms with Crippen LogP contribution in [0.15, 0.2) is 11.6 Å². The van der Waals surface area contributed by atoms with Crippen molar-refractivity contribution >= 4 is 5.97 Å². The first-order valence-electron chi connectivity index (χ1n) is 14.6. The summed E-state index contributed by atoms with van der Waals surface area (Å²) in [5.74, 6) is -0.653. The van der Waals surface area contributed by atoms with Crippen molar-refractivity contribution in [3.63, 3.8) is 0 Å². The van der Waals surface area contributed by atoms with Crippen molar-refractivity contribution in [2.45, 2.75) is 174 Å². The van der Waals surface area contributed by atoms with Gasteiger partial charge in [0.1, 0.15) is 0 Å². The topological polar surface area (TPSA) is 37.3 Å². The van der Waals surface area contributed by atoms with Crippen LogP contribution in [0.4, 0.5) is 0 Å². The molecule has 0 saturated carbocycles. The minimum Gasteiger partial charge on any atom is -0.481 e. The van der Waals surface area contributed by atoms with Crippen molar-refractivity contribution in [2.75, 3.05) is 0 Å². The number of carboxylic acids is 1. The SMILES string of the molecule is CCCCC=C(CCCCCCCCCCCCCCCC)CCCCCCCC(=O)O. The van der Waals surface area contributed by atoms with Gasteiger partial charge in [-0.2, -0.15) is 0 Å². The Kier molecular flexibility index (Phi) is 25.8. The third kappa shape index (κ3) is 25.5. The van der Waals surface area contributed by atoms with Gasteiger partial charge in [0.05, 0.1) is 0 Å². The van der Waals surface area contributed by atoms with Gasteiger partial charge in [-0.05, 0) is 38.5 Å². The lowest BCUT2D eigenvalue weighted by atomic mass is 9.98. The van der Waals surface area contributed by atoms with E-state index < -0.39 is 5.97 Å². The van der Waals surface area contributed by atoms with E-state index in [9.17, 15) is 4.79 Å². The van der Waals surface area contributed by atoms with E-state index in [1.807, 2.05) is 0 Å². The zero-order valence-electron chi connectivity index (χ0n) is 22.1. The minimum atomic E-state index is -0.653. The van der Waals surface area contributed by atoms with Gasteiger partial charge in [-0.3, -0.25) is 4.79 Å². The highest BCUT2D eigenvalue weighted by Crippen LogP contribution is 2.20. The van der Waals surface area contributed by atoms with Crippen LogP contribution < -0.4 is 0 Å². The van der Waals surface area contributed by atoms with E-state index in [2.05, 4.69) is 19.9 Å². The first-order valence-corrected chi connectivity index (χ1v) is 14.6. The Bertz CT molecular complexity index is 413. The number of carbonyl (C=O) groups is 1. The maximum atomic E-state index is 10.6. The van der Waals surface area contributed by atoms with Crippen LogP contribution in [-0.2, 0) is 4.79 Å². The molecule has 32 heavy (non-hydrogen) atoms. The summed E-state index contributed by atoms with van der Waals surface area (Å²) in [6, 6.07) is 0. The number of hydrogen-bond acceptors (Lipinski definition) is 1. The standard InChI is InChI=1S/C30H58O2/c1-3-5-7-8-9-10-11-12-13-14-15-16-18-22-26-29(25-21-6-4-2)27-23-19-17-20-24-28-30(31)32/h25H,3-24,26-28H2,1-2H3,(H,31,32). The zero-order chi connectivity index (χ0) is 23.5. The molecule has 0 radical (unpaired) electrons. The van der Waals surface area contributed by atoms with Crippen molar-refractivity contribution in [3.05, 3.63) is 11.6 Å². The van der Waals surface area contributed by atoms with Crippen LogP contribution in [-0.4, -0.2) is 11.1 Å². The molecule has 0 rings (SSSR count). The summed E-state index contributed by atoms with van der Waals surface area (Å²) in [7, 11) is 0. The molecule has 0 aliphatic rings. The predicted octanol–water partition coefficient (Wildman–Crippen LogP) is 10.8. The number of aliphatic carboxylic acids is 1. The largest absolute Gasteiger partial charge is 0.481 e. The summed E-state index contributed by atoms with van der Waals surface area (Å²) in [4.78, 5) is 10.6. The molecule has 0 aromatic heterocycles. The fourth-order valence-corrected chi connectivity index (χ4v) is 4.54. The highest BCUT2D eigenvalue weighted by molar-refractivity contribution is 5.66. The van der Waals surface area contributed by atoms with Crippen LogP contribution in [0.3, 0.4) is 0 Å². The molecule has 2 heteroatoms. The van der Waals surface area contributed by atoms with Gasteiger partial charge in [0, 0.05) is 6.42 Å². The van der Waals surface area contributed by atoms with Crippen LogP contribution in [0.5, 0.6) is 0 Å². The third-order valence-corrected chi connectivity index (χ3v) is 6.73. The predicted molar refractivity (Wildman–Crippen MR) is 142 cm³/mol. The van der Waals surface area contributed by atoms with Gasteiger partial charge >= 0.3 is 5.97 Å². The average molecular weight is 451 g/mol. The van der Waals surface area contributed by atoms with Gasteiger partial charge in [-0.25, -0.2) is 0 Å². The number of allylic oxidation sites excluding steroid dienone is 2. The van der Waals surface area contributed by atoms with Gasteiger partial charge in [-0.15, -0.1) is 0 Å². The molecule has 0 spiro atoms. The van der Waals surface area contributed by atoms with Gasteiger partial charge < -0.3 is 5.11 Å². The lowest BCUT2D eigenvalue weighted by Crippen LogP contribution is -1.93. The first kappa shape index (κ1) is 31.2. The molecule has 0 heterocycles. The number of hydrogen-bond donors (Lipinski definition) is 1. The number of rotatable bonds is 26. The quantitative estimate of drug-likeness (QED) is 0.105. The second-order valence-corrected chi connectivity index (χ2v) is 10.0. The van der Waals surface area contributed by atoms with Gasteiger partial charge in [-0.1, -0.05) is 141 Å². The zero-order valence-corrected chi connectivity index (χ0v) is 22.1. The summed E-state index contributed by atoms with van der Waals surface area (Å²) < 4.78 is 0. The van der Waals surface area contributed by atoms with E-state index in [1.165, 1.54) is 141 Å². The highest BCUT2D eigenvalue weighted by Gasteiger charge is 2.01. The monoisotopic (exact) mass is 450 g/mol. The van der Waals surface area contributed by atoms with Crippen molar-refractivity contribution in [3.8, 4) is 0 Å². The first-order chi connectivity index (χ1) is 15.7. The Morgan fingerprint density at radius 2 is 0.844 bits per heavy atom. The Morgan fingerprint density at radius 1 is 0.500 bits per heavy atom. The molecule has 0 aromatic carbocycles. The lowest BCUT2D eigenvalue weighted by Gasteiger charge is -2.09. The molecule has 0 saturated heterocycles. The molecule has 0 bridgehead atoms. The average Bonchev–Trinajstić information content (AvgIpc) is 2.78. The molecular weight excluding hydrogens is 392 g/mol. The van der Waals surface area contributed by atoms with Crippen LogP contribution >= 0.6 is 0 Å². The third-order valence-electron chi connectivity index (χ3n) is 6.73. The summed E-state index contributed by atoms with van der Waals surface area (Å²) in [5.41, 5.74) is 1.70. The van der Waals surface area contributed by atoms with E-state index in [0.29, 0.717) is 6.42 Å². The number of carboxylic acid groups (broad SMARTS) is 1. The minimum absolute atomic E-state index is 0.335. The molecule has 0 aromatic rings. The fourth-order valence-electron chi connectivity index (χ4n) is 4.54. The molecule has 0 unspecified atom stereocenters. The molecule has 0 fully saturated rings. The van der Waals surface area contributed by atoms with Gasteiger partial charge in [0.15, 0.2) is 0 Å². The smallest absolute Gasteiger partial charge is 0.303 e. The van der Waals surface area contributed by atoms with E-state index in [-0.39, 0.29) is 0 Å². The Morgan fingerprint density at radius 3 is 1.22 bits per heavy atom. The molecule has 0 amide bonds. The molecule has 0 aliphatic carbocycles.